The summed E-state index contributed by atoms with van der Waals surface area (Å²) < 4.78 is 31.9. The number of nitrogens with two attached hydrogens (primary N) is 7. The summed E-state index contributed by atoms with van der Waals surface area (Å²) in [6, 6.07) is 0.448. The van der Waals surface area contributed by atoms with Crippen LogP contribution in [-0.4, -0.2) is 186 Å². The molecular formula is C72H104CoN16O20PS. The van der Waals surface area contributed by atoms with Crippen LogP contribution >= 0.6 is 7.82 Å². The first-order valence-electron chi connectivity index (χ1n) is 36.1. The summed E-state index contributed by atoms with van der Waals surface area (Å²) in [5.74, 6) is -11.3. The van der Waals surface area contributed by atoms with Crippen LogP contribution in [0, 0.1) is 59.2 Å². The summed E-state index contributed by atoms with van der Waals surface area (Å²) in [7, 11) is -5.32. The standard InChI is InChI=1S/C62H90N13O14P.C10H17N3O6S.Co/c1-29-20-39-40(21-30(29)2)75(28-70-39)57-52(84)53(41(27-76)87-57)89-90(85,86)88-31(3)26-69-49(83)18-19-59(8)37(22-46(66)80)56-62(11)61(10,25-48(68)82)36(14-17-45(65)79)51(74-62)33(5)55-60(9,24-47(67)81)34(12-15-43(63)77)38(71-55)23-42-58(6,7)35(13-16-44(64)78)50(72-42)32(4)54(59)73-56;11-5(10(18)19)1-2-7(14)13-6(4-20)9(17)12-3-8(15)16;/h20-21,23,28,31,34-37,41,52-53,56-57,76,84H,12-19,22,24-27H2,1-11H3,(H15,63,64,65,66,67,68,69,71,72,73,74,77,78,79,80,81,82,83,85,86);5-6,20H,1-4,11H2,(H,12,17)(H,13,14)(H,15,16)(H,18,19);/q;;+3/p-3. The third-order valence-electron chi connectivity index (χ3n) is 22.7. The quantitative estimate of drug-likeness (QED) is 0.0334. The van der Waals surface area contributed by atoms with Crippen LogP contribution in [0.25, 0.3) is 16.4 Å². The van der Waals surface area contributed by atoms with Crippen molar-refractivity contribution in [3.63, 3.8) is 0 Å². The van der Waals surface area contributed by atoms with E-state index in [4.69, 9.17) is 84.4 Å². The zero-order valence-corrected chi connectivity index (χ0v) is 66.7. The molecule has 8 rings (SSSR count). The summed E-state index contributed by atoms with van der Waals surface area (Å²) in [4.78, 5) is 171. The second kappa shape index (κ2) is 36.7. The van der Waals surface area contributed by atoms with Gasteiger partial charge in [0.1, 0.15) is 30.9 Å². The maximum absolute atomic E-state index is 14.4. The number of rotatable bonds is 35. The molecule has 39 heteroatoms. The number of aliphatic carboxylic acids is 2. The van der Waals surface area contributed by atoms with Crippen LogP contribution in [-0.2, 0) is 100 Å². The van der Waals surface area contributed by atoms with Gasteiger partial charge in [0, 0.05) is 115 Å². The topological polar surface area (TPSA) is 624 Å². The minimum atomic E-state index is -5.32. The van der Waals surface area contributed by atoms with Crippen molar-refractivity contribution in [1.82, 2.24) is 25.5 Å². The number of imidazole rings is 1. The number of phosphoric ester groups is 1. The predicted octanol–water partition coefficient (Wildman–Crippen LogP) is 0.724. The van der Waals surface area contributed by atoms with Gasteiger partial charge in [0.2, 0.25) is 53.2 Å². The Hall–Kier alpha value is -8.30. The molecule has 0 radical (unpaired) electrons. The zero-order chi connectivity index (χ0) is 82.4. The Balaban J connectivity index is 0.000000800. The zero-order valence-electron chi connectivity index (χ0n) is 64.0. The van der Waals surface area contributed by atoms with Gasteiger partial charge in [-0.2, -0.15) is 5.70 Å². The van der Waals surface area contributed by atoms with Gasteiger partial charge >= 0.3 is 28.7 Å². The molecule has 8 bridgehead atoms. The van der Waals surface area contributed by atoms with Crippen molar-refractivity contribution in [2.45, 2.75) is 214 Å². The van der Waals surface area contributed by atoms with E-state index >= 15 is 0 Å². The van der Waals surface area contributed by atoms with E-state index in [1.165, 1.54) is 17.8 Å². The average Bonchev–Trinajstić information content (AvgIpc) is 1.53. The van der Waals surface area contributed by atoms with Gasteiger partial charge in [0.25, 0.3) is 7.82 Å². The first kappa shape index (κ1) is 91.6. The molecule has 7 heterocycles. The number of ether oxygens (including phenoxy) is 1. The molecule has 2 saturated heterocycles. The number of primary amides is 6. The van der Waals surface area contributed by atoms with Crippen LogP contribution in [0.3, 0.4) is 0 Å². The third-order valence-corrected chi connectivity index (χ3v) is 24.2. The molecule has 0 spiro atoms. The van der Waals surface area contributed by atoms with Gasteiger partial charge < -0.3 is 118 Å². The molecule has 0 aliphatic carbocycles. The molecule has 17 atom stereocenters. The average molecular weight is 1640 g/mol. The molecule has 21 N–H and O–H groups in total. The fraction of sp³-hybridized carbons (Fsp3) is 0.625. The monoisotopic (exact) mass is 1630 g/mol. The largest absolute Gasteiger partial charge is 3.00 e. The number of phosphoric acid groups is 1. The number of nitrogens with zero attached hydrogens (tertiary/aromatic N) is 6. The number of aromatic nitrogens is 2. The molecule has 612 valence electrons. The van der Waals surface area contributed by atoms with Crippen molar-refractivity contribution in [3.8, 4) is 0 Å². The Morgan fingerprint density at radius 3 is 1.92 bits per heavy atom. The second-order valence-electron chi connectivity index (χ2n) is 30.9. The van der Waals surface area contributed by atoms with E-state index in [0.717, 1.165) is 11.1 Å². The Kier molecular flexibility index (Phi) is 30.3. The maximum atomic E-state index is 14.4. The van der Waals surface area contributed by atoms with Gasteiger partial charge in [-0.3, -0.25) is 72.3 Å². The van der Waals surface area contributed by atoms with Crippen LogP contribution in [0.4, 0.5) is 0 Å². The number of carboxylic acid groups (broad SMARTS) is 2. The minimum Gasteiger partial charge on any atom is -0.790 e. The number of allylic oxidation sites excluding steroid dienone is 6. The van der Waals surface area contributed by atoms with E-state index in [9.17, 15) is 72.4 Å². The van der Waals surface area contributed by atoms with E-state index in [2.05, 4.69) is 33.6 Å². The van der Waals surface area contributed by atoms with Crippen LogP contribution in [0.2, 0.25) is 0 Å². The first-order chi connectivity index (χ1) is 51.1. The summed E-state index contributed by atoms with van der Waals surface area (Å²) in [5, 5.41) is 51.4. The number of carbonyl (C=O) groups is 11. The van der Waals surface area contributed by atoms with Gasteiger partial charge in [-0.15, -0.1) is 5.75 Å². The van der Waals surface area contributed by atoms with E-state index in [0.29, 0.717) is 56.4 Å². The number of hydrogen-bond acceptors (Lipinski definition) is 24. The number of aliphatic imine (C=N–C) groups is 3. The fourth-order valence-electron chi connectivity index (χ4n) is 16.5. The molecule has 111 heavy (non-hydrogen) atoms. The maximum Gasteiger partial charge on any atom is 3.00 e. The van der Waals surface area contributed by atoms with Crippen LogP contribution < -0.4 is 61.0 Å². The SMILES string of the molecule is CC1=C2N=C(C=C3N=C(C(C)=C4[N-]C(C(CC(N)=O)C4(C)CCC(=O)NCC(C)OP(=O)([O-])OC4C(CO)OC(n5cnc6cc(C)c(C)cc65)C4O)C4(C)N=C1C(CCC(N)=O)C4(C)CC(N)=O)C(CCC(N)=O)C3(C)C)C(CCC(N)=O)C2(C)CC(N)=O.NC(CCC(=O)NC(C[S-])C(=O)NCC(=O)O)C(=O)O.[Co+3]. The van der Waals surface area contributed by atoms with E-state index in [1.54, 1.807) is 6.92 Å². The Bertz CT molecular complexity index is 4240. The normalized spacial score (nSPS) is 28.3. The van der Waals surface area contributed by atoms with Gasteiger partial charge in [-0.25, -0.2) is 4.98 Å². The van der Waals surface area contributed by atoms with Gasteiger partial charge in [-0.1, -0.05) is 40.7 Å². The molecule has 9 amide bonds. The van der Waals surface area contributed by atoms with Crippen LogP contribution in [0.15, 0.2) is 67.8 Å². The van der Waals surface area contributed by atoms with Gasteiger partial charge in [0.15, 0.2) is 6.23 Å². The van der Waals surface area contributed by atoms with Crippen LogP contribution in [0.5, 0.6) is 0 Å². The fourth-order valence-corrected chi connectivity index (χ4v) is 17.8. The molecule has 17 unspecified atom stereocenters. The number of fused-ring (bicyclic) bond motifs is 7. The second-order valence-corrected chi connectivity index (χ2v) is 32.5. The summed E-state index contributed by atoms with van der Waals surface area (Å²) >= 11 is 4.68. The molecule has 2 fully saturated rings. The Morgan fingerprint density at radius 1 is 0.766 bits per heavy atom. The summed E-state index contributed by atoms with van der Waals surface area (Å²) in [5.41, 5.74) is 41.9. The number of carboxylic acids is 2. The molecule has 6 aliphatic rings. The molecule has 2 aromatic rings. The van der Waals surface area contributed by atoms with Crippen molar-refractivity contribution < 1.29 is 113 Å². The van der Waals surface area contributed by atoms with Crippen molar-refractivity contribution in [2.75, 3.05) is 25.4 Å². The molecule has 0 saturated carbocycles. The van der Waals surface area contributed by atoms with E-state index in [1.807, 2.05) is 80.5 Å². The molecule has 1 aromatic carbocycles. The Labute approximate surface area is 658 Å². The summed E-state index contributed by atoms with van der Waals surface area (Å²) in [6.07, 6.45) is -5.05. The molecular weight excluding hydrogens is 1530 g/mol. The van der Waals surface area contributed by atoms with Crippen LogP contribution in [0.1, 0.15) is 163 Å². The van der Waals surface area contributed by atoms with E-state index < -0.39 is 186 Å². The number of nitrogens with one attached hydrogen (secondary N) is 3. The van der Waals surface area contributed by atoms with Crippen molar-refractivity contribution in [2.24, 2.45) is 100 Å². The minimum absolute atomic E-state index is 0. The van der Waals surface area contributed by atoms with Gasteiger partial charge in [-0.05, 0) is 125 Å². The number of aliphatic hydroxyl groups excluding tert-OH is 2. The number of amides is 9. The molecule has 1 aromatic heterocycles. The van der Waals surface area contributed by atoms with Crippen molar-refractivity contribution in [3.05, 3.63) is 69.2 Å². The predicted molar refractivity (Wildman–Crippen MR) is 401 cm³/mol. The van der Waals surface area contributed by atoms with Gasteiger partial charge in [0.05, 0.1) is 47.3 Å². The number of aryl methyl sites for hydroxylation is 2. The number of aliphatic hydroxyl groups is 2. The molecule has 6 aliphatic heterocycles. The number of hydrogen-bond donors (Lipinski definition) is 14. The summed E-state index contributed by atoms with van der Waals surface area (Å²) in [6.45, 7) is 18.4. The number of carbonyl (C=O) groups excluding carboxylic acids is 9. The first-order valence-corrected chi connectivity index (χ1v) is 38.2. The smallest absolute Gasteiger partial charge is 0.790 e. The Morgan fingerprint density at radius 2 is 1.36 bits per heavy atom. The third kappa shape index (κ3) is 20.4. The molecule has 36 nitrogen and oxygen atoms in total. The van der Waals surface area contributed by atoms with E-state index in [-0.39, 0.29) is 113 Å². The van der Waals surface area contributed by atoms with Crippen molar-refractivity contribution >= 4 is 114 Å². The van der Waals surface area contributed by atoms with Crippen molar-refractivity contribution in [1.29, 1.82) is 0 Å². The number of benzene rings is 1.